The predicted molar refractivity (Wildman–Crippen MR) is 75.1 cm³/mol. The molecule has 1 aromatic carbocycles. The number of nitrogens with one attached hydrogen (secondary N) is 1. The third-order valence-corrected chi connectivity index (χ3v) is 3.15. The highest BCUT2D eigenvalue weighted by atomic mass is 32.1. The highest BCUT2D eigenvalue weighted by molar-refractivity contribution is 7.16. The third-order valence-electron chi connectivity index (χ3n) is 2.38. The lowest BCUT2D eigenvalue weighted by atomic mass is 10.2. The van der Waals surface area contributed by atoms with Gasteiger partial charge in [0.2, 0.25) is 0 Å². The number of rotatable bonds is 4. The molecule has 3 nitrogen and oxygen atoms in total. The molecule has 0 saturated heterocycles. The summed E-state index contributed by atoms with van der Waals surface area (Å²) in [5.41, 5.74) is 1.81. The molecule has 0 fully saturated rings. The van der Waals surface area contributed by atoms with Crippen LogP contribution in [0.3, 0.4) is 0 Å². The number of allylic oxidation sites excluding steroid dienone is 1. The number of anilines is 1. The van der Waals surface area contributed by atoms with Crippen LogP contribution in [0.5, 0.6) is 0 Å². The Morgan fingerprint density at radius 2 is 2.21 bits per heavy atom. The molecule has 0 aliphatic carbocycles. The Morgan fingerprint density at radius 1 is 1.47 bits per heavy atom. The van der Waals surface area contributed by atoms with Crippen molar-refractivity contribution < 1.29 is 8.78 Å². The Balaban J connectivity index is 2.32. The normalized spacial score (nSPS) is 11.2. The smallest absolute Gasteiger partial charge is 0.176 e. The summed E-state index contributed by atoms with van der Waals surface area (Å²) < 4.78 is 28.4. The summed E-state index contributed by atoms with van der Waals surface area (Å²) in [6.07, 6.45) is 3.36. The van der Waals surface area contributed by atoms with Gasteiger partial charge in [-0.05, 0) is 12.1 Å². The van der Waals surface area contributed by atoms with E-state index in [-0.39, 0.29) is 11.2 Å². The van der Waals surface area contributed by atoms with Gasteiger partial charge in [0, 0.05) is 26.0 Å². The van der Waals surface area contributed by atoms with Crippen molar-refractivity contribution in [2.75, 3.05) is 19.4 Å². The van der Waals surface area contributed by atoms with Gasteiger partial charge in [0.15, 0.2) is 11.6 Å². The minimum absolute atomic E-state index is 0.165. The molecule has 1 N–H and O–H groups in total. The van der Waals surface area contributed by atoms with Crippen molar-refractivity contribution >= 4 is 27.2 Å². The number of nitrogens with zero attached hydrogens (tertiary/aromatic N) is 2. The van der Waals surface area contributed by atoms with Gasteiger partial charge in [-0.25, -0.2) is 13.8 Å². The van der Waals surface area contributed by atoms with Gasteiger partial charge in [0.25, 0.3) is 0 Å². The summed E-state index contributed by atoms with van der Waals surface area (Å²) in [4.78, 5) is 5.68. The minimum atomic E-state index is -0.698. The average Bonchev–Trinajstić information content (AvgIpc) is 2.80. The second-order valence-corrected chi connectivity index (χ2v) is 5.06. The van der Waals surface area contributed by atoms with Gasteiger partial charge in [-0.1, -0.05) is 6.58 Å². The lowest BCUT2D eigenvalue weighted by Gasteiger charge is -2.10. The fraction of sp³-hybridized carbons (Fsp3) is 0.154. The fourth-order valence-electron chi connectivity index (χ4n) is 1.49. The Hall–Kier alpha value is -1.95. The largest absolute Gasteiger partial charge is 0.383 e. The Bertz CT molecular complexity index is 647. The molecule has 0 aliphatic heterocycles. The van der Waals surface area contributed by atoms with Gasteiger partial charge in [-0.2, -0.15) is 0 Å². The molecule has 1 aromatic heterocycles. The summed E-state index contributed by atoms with van der Waals surface area (Å²) in [5.74, 6) is -1.36. The molecule has 0 amide bonds. The van der Waals surface area contributed by atoms with E-state index in [9.17, 15) is 8.78 Å². The van der Waals surface area contributed by atoms with Crippen molar-refractivity contribution in [3.05, 3.63) is 47.8 Å². The minimum Gasteiger partial charge on any atom is -0.383 e. The van der Waals surface area contributed by atoms with Crippen LogP contribution in [0.25, 0.3) is 10.2 Å². The molecule has 0 aliphatic rings. The molecule has 0 unspecified atom stereocenters. The summed E-state index contributed by atoms with van der Waals surface area (Å²) >= 11 is 1.20. The second kappa shape index (κ2) is 5.36. The van der Waals surface area contributed by atoms with Gasteiger partial charge in [-0.3, -0.25) is 0 Å². The van der Waals surface area contributed by atoms with E-state index in [1.807, 2.05) is 14.1 Å². The van der Waals surface area contributed by atoms with Crippen LogP contribution >= 0.6 is 11.3 Å². The van der Waals surface area contributed by atoms with Crippen molar-refractivity contribution in [2.24, 2.45) is 0 Å². The molecule has 1 heterocycles. The van der Waals surface area contributed by atoms with E-state index in [2.05, 4.69) is 16.9 Å². The van der Waals surface area contributed by atoms with E-state index in [0.29, 0.717) is 10.4 Å². The molecule has 0 radical (unpaired) electrons. The van der Waals surface area contributed by atoms with Crippen LogP contribution in [0, 0.1) is 11.6 Å². The van der Waals surface area contributed by atoms with Gasteiger partial charge in [0.1, 0.15) is 11.2 Å². The van der Waals surface area contributed by atoms with Crippen LogP contribution in [-0.2, 0) is 0 Å². The zero-order valence-corrected chi connectivity index (χ0v) is 11.4. The van der Waals surface area contributed by atoms with E-state index < -0.39 is 11.6 Å². The summed E-state index contributed by atoms with van der Waals surface area (Å²) in [6, 6.07) is 1.27. The predicted octanol–water partition coefficient (Wildman–Crippen LogP) is 3.58. The highest BCUT2D eigenvalue weighted by Crippen LogP contribution is 2.30. The maximum absolute atomic E-state index is 14.1. The van der Waals surface area contributed by atoms with E-state index in [0.717, 1.165) is 0 Å². The number of hydrogen-bond donors (Lipinski definition) is 1. The first-order valence-corrected chi connectivity index (χ1v) is 6.38. The van der Waals surface area contributed by atoms with Crippen molar-refractivity contribution in [3.63, 3.8) is 0 Å². The highest BCUT2D eigenvalue weighted by Gasteiger charge is 2.15. The van der Waals surface area contributed by atoms with Gasteiger partial charge in [0.05, 0.1) is 10.2 Å². The average molecular weight is 281 g/mol. The Morgan fingerprint density at radius 3 is 2.89 bits per heavy atom. The van der Waals surface area contributed by atoms with Gasteiger partial charge >= 0.3 is 0 Å². The van der Waals surface area contributed by atoms with Crippen LogP contribution in [0.15, 0.2) is 36.1 Å². The standard InChI is InChI=1S/C13H13F2N3S/c1-8(4-5-18(2)3)17-12-9(14)6-10-13(11(12)15)16-7-19-10/h4-7,17H,1H2,2-3H3/b5-4-. The van der Waals surface area contributed by atoms with E-state index >= 15 is 0 Å². The number of hydrogen-bond acceptors (Lipinski definition) is 4. The number of thiazole rings is 1. The summed E-state index contributed by atoms with van der Waals surface area (Å²) in [6.45, 7) is 3.70. The number of benzene rings is 1. The first kappa shape index (κ1) is 13.5. The molecule has 0 spiro atoms. The zero-order chi connectivity index (χ0) is 14.0. The van der Waals surface area contributed by atoms with Crippen LogP contribution < -0.4 is 5.32 Å². The molecule has 0 bridgehead atoms. The topological polar surface area (TPSA) is 28.2 Å². The van der Waals surface area contributed by atoms with Crippen molar-refractivity contribution in [3.8, 4) is 0 Å². The zero-order valence-electron chi connectivity index (χ0n) is 10.6. The SMILES string of the molecule is C=C(/C=C\N(C)C)Nc1c(F)cc2scnc2c1F. The first-order chi connectivity index (χ1) is 8.99. The number of aromatic nitrogens is 1. The molecule has 2 rings (SSSR count). The third kappa shape index (κ3) is 2.90. The van der Waals surface area contributed by atoms with Crippen molar-refractivity contribution in [1.82, 2.24) is 9.88 Å². The summed E-state index contributed by atoms with van der Waals surface area (Å²) in [5, 5.41) is 2.62. The Kier molecular flexibility index (Phi) is 3.80. The molecular weight excluding hydrogens is 268 g/mol. The van der Waals surface area contributed by atoms with E-state index in [1.54, 1.807) is 17.2 Å². The van der Waals surface area contributed by atoms with Crippen molar-refractivity contribution in [2.45, 2.75) is 0 Å². The lowest BCUT2D eigenvalue weighted by Crippen LogP contribution is -2.04. The number of halogens is 2. The van der Waals surface area contributed by atoms with Crippen LogP contribution in [0.4, 0.5) is 14.5 Å². The lowest BCUT2D eigenvalue weighted by molar-refractivity contribution is 0.563. The molecule has 19 heavy (non-hydrogen) atoms. The molecular formula is C13H13F2N3S. The maximum atomic E-state index is 14.1. The first-order valence-electron chi connectivity index (χ1n) is 5.51. The van der Waals surface area contributed by atoms with E-state index in [1.165, 1.54) is 22.9 Å². The quantitative estimate of drug-likeness (QED) is 0.868. The molecule has 0 saturated carbocycles. The van der Waals surface area contributed by atoms with Crippen LogP contribution in [0.2, 0.25) is 0 Å². The number of fused-ring (bicyclic) bond motifs is 1. The maximum Gasteiger partial charge on any atom is 0.176 e. The molecule has 6 heteroatoms. The monoisotopic (exact) mass is 281 g/mol. The molecule has 2 aromatic rings. The van der Waals surface area contributed by atoms with Crippen LogP contribution in [-0.4, -0.2) is 24.0 Å². The van der Waals surface area contributed by atoms with Crippen LogP contribution in [0.1, 0.15) is 0 Å². The second-order valence-electron chi connectivity index (χ2n) is 4.18. The van der Waals surface area contributed by atoms with E-state index in [4.69, 9.17) is 0 Å². The summed E-state index contributed by atoms with van der Waals surface area (Å²) in [7, 11) is 3.68. The molecule has 0 atom stereocenters. The van der Waals surface area contributed by atoms with Crippen molar-refractivity contribution in [1.29, 1.82) is 0 Å². The fourth-order valence-corrected chi connectivity index (χ4v) is 2.19. The molecule has 100 valence electrons. The van der Waals surface area contributed by atoms with Gasteiger partial charge < -0.3 is 10.2 Å². The van der Waals surface area contributed by atoms with Gasteiger partial charge in [-0.15, -0.1) is 11.3 Å². The Labute approximate surface area is 113 Å².